The standard InChI is InChI=1S/C21H30N8OS/c1-12-8-17(27-26-12)24-20-19-16(6-7-31-19)23-21(25-20)22-13-9-14-4-5-15(10-13)29(14)18(30)11-28(2)3/h6-7,12-15,26H,4-5,8-11H2,1-3H3,(H2,22,23,24,25,27)/t12?,13-,14-,15+. The maximum atomic E-state index is 12.7. The molecule has 2 bridgehead atoms. The molecule has 166 valence electrons. The first-order valence-corrected chi connectivity index (χ1v) is 11.9. The van der Waals surface area contributed by atoms with E-state index in [-0.39, 0.29) is 11.9 Å². The van der Waals surface area contributed by atoms with Crippen molar-refractivity contribution in [3.63, 3.8) is 0 Å². The second-order valence-electron chi connectivity index (χ2n) is 9.19. The van der Waals surface area contributed by atoms with Gasteiger partial charge in [-0.2, -0.15) is 10.1 Å². The van der Waals surface area contributed by atoms with Gasteiger partial charge in [-0.15, -0.1) is 11.3 Å². The highest BCUT2D eigenvalue weighted by molar-refractivity contribution is 7.17. The van der Waals surface area contributed by atoms with Gasteiger partial charge in [-0.3, -0.25) is 4.79 Å². The Bertz CT molecular complexity index is 990. The number of amidine groups is 1. The molecular weight excluding hydrogens is 412 g/mol. The molecule has 0 radical (unpaired) electrons. The first kappa shape index (κ1) is 20.4. The van der Waals surface area contributed by atoms with Gasteiger partial charge in [0, 0.05) is 30.6 Å². The molecule has 0 aromatic carbocycles. The van der Waals surface area contributed by atoms with Gasteiger partial charge in [-0.25, -0.2) is 4.98 Å². The molecule has 2 aromatic heterocycles. The monoisotopic (exact) mass is 442 g/mol. The number of hydrazone groups is 1. The Morgan fingerprint density at radius 3 is 2.74 bits per heavy atom. The Labute approximate surface area is 186 Å². The number of fused-ring (bicyclic) bond motifs is 3. The van der Waals surface area contributed by atoms with E-state index >= 15 is 0 Å². The van der Waals surface area contributed by atoms with E-state index in [4.69, 9.17) is 9.97 Å². The molecular formula is C21H30N8OS. The van der Waals surface area contributed by atoms with Crippen LogP contribution in [0.1, 0.15) is 39.0 Å². The van der Waals surface area contributed by atoms with Crippen LogP contribution in [-0.2, 0) is 4.79 Å². The number of hydrogen-bond acceptors (Lipinski definition) is 9. The van der Waals surface area contributed by atoms with Gasteiger partial charge >= 0.3 is 0 Å². The van der Waals surface area contributed by atoms with Gasteiger partial charge in [-0.05, 0) is 58.1 Å². The molecule has 2 saturated heterocycles. The minimum Gasteiger partial charge on any atom is -0.351 e. The van der Waals surface area contributed by atoms with Crippen LogP contribution in [0.25, 0.3) is 10.2 Å². The average Bonchev–Trinajstić information content (AvgIpc) is 3.40. The van der Waals surface area contributed by atoms with Crippen molar-refractivity contribution >= 4 is 45.1 Å². The molecule has 5 heterocycles. The molecule has 2 aromatic rings. The van der Waals surface area contributed by atoms with Crippen LogP contribution in [0, 0.1) is 0 Å². The molecule has 3 aliphatic heterocycles. The summed E-state index contributed by atoms with van der Waals surface area (Å²) in [5, 5.41) is 13.4. The predicted molar refractivity (Wildman–Crippen MR) is 125 cm³/mol. The topological polar surface area (TPSA) is 97.8 Å². The number of piperidine rings is 1. The van der Waals surface area contributed by atoms with Gasteiger partial charge in [0.2, 0.25) is 11.9 Å². The van der Waals surface area contributed by atoms with E-state index in [9.17, 15) is 4.79 Å². The van der Waals surface area contributed by atoms with E-state index < -0.39 is 0 Å². The van der Waals surface area contributed by atoms with E-state index in [1.165, 1.54) is 0 Å². The summed E-state index contributed by atoms with van der Waals surface area (Å²) >= 11 is 1.63. The van der Waals surface area contributed by atoms with Crippen molar-refractivity contribution < 1.29 is 4.79 Å². The zero-order valence-electron chi connectivity index (χ0n) is 18.3. The van der Waals surface area contributed by atoms with Crippen molar-refractivity contribution in [3.8, 4) is 0 Å². The molecule has 9 nitrogen and oxygen atoms in total. The largest absolute Gasteiger partial charge is 0.351 e. The molecule has 3 aliphatic rings. The number of nitrogens with one attached hydrogen (secondary N) is 3. The molecule has 10 heteroatoms. The lowest BCUT2D eigenvalue weighted by molar-refractivity contribution is -0.136. The SMILES string of the molecule is CC1CC(Nc2nc(N[C@@H]3C[C@H]4CC[C@@H](C3)N4C(=O)CN(C)C)nc3ccsc23)=NN1. The van der Waals surface area contributed by atoms with Crippen LogP contribution in [0.3, 0.4) is 0 Å². The van der Waals surface area contributed by atoms with Gasteiger partial charge in [-0.1, -0.05) is 0 Å². The number of carbonyl (C=O) groups is 1. The molecule has 3 N–H and O–H groups in total. The third-order valence-electron chi connectivity index (χ3n) is 6.29. The van der Waals surface area contributed by atoms with Crippen molar-refractivity contribution in [2.45, 2.75) is 63.2 Å². The maximum absolute atomic E-state index is 12.7. The predicted octanol–water partition coefficient (Wildman–Crippen LogP) is 2.29. The minimum absolute atomic E-state index is 0.249. The quantitative estimate of drug-likeness (QED) is 0.654. The van der Waals surface area contributed by atoms with E-state index in [0.717, 1.165) is 54.0 Å². The number of likely N-dealkylation sites (N-methyl/N-ethyl adjacent to an activating group) is 1. The molecule has 5 rings (SSSR count). The highest BCUT2D eigenvalue weighted by Crippen LogP contribution is 2.37. The minimum atomic E-state index is 0.249. The van der Waals surface area contributed by atoms with E-state index in [1.807, 2.05) is 30.4 Å². The summed E-state index contributed by atoms with van der Waals surface area (Å²) in [5.74, 6) is 2.60. The van der Waals surface area contributed by atoms with Crippen LogP contribution in [0.4, 0.5) is 11.8 Å². The summed E-state index contributed by atoms with van der Waals surface area (Å²) in [4.78, 5) is 26.3. The summed E-state index contributed by atoms with van der Waals surface area (Å²) in [5.41, 5.74) is 4.02. The summed E-state index contributed by atoms with van der Waals surface area (Å²) in [7, 11) is 3.90. The fraction of sp³-hybridized carbons (Fsp3) is 0.619. The number of thiophene rings is 1. The average molecular weight is 443 g/mol. The highest BCUT2D eigenvalue weighted by atomic mass is 32.1. The third kappa shape index (κ3) is 4.18. The zero-order valence-corrected chi connectivity index (χ0v) is 19.1. The van der Waals surface area contributed by atoms with Crippen LogP contribution >= 0.6 is 11.3 Å². The van der Waals surface area contributed by atoms with Crippen LogP contribution in [-0.4, -0.2) is 76.3 Å². The van der Waals surface area contributed by atoms with E-state index in [0.29, 0.717) is 30.6 Å². The van der Waals surface area contributed by atoms with Gasteiger partial charge in [0.1, 0.15) is 5.84 Å². The number of anilines is 2. The van der Waals surface area contributed by atoms with Crippen molar-refractivity contribution in [2.75, 3.05) is 31.3 Å². The van der Waals surface area contributed by atoms with Crippen molar-refractivity contribution in [2.24, 2.45) is 5.10 Å². The summed E-state index contributed by atoms with van der Waals surface area (Å²) < 4.78 is 1.04. The highest BCUT2D eigenvalue weighted by Gasteiger charge is 2.43. The summed E-state index contributed by atoms with van der Waals surface area (Å²) in [6.07, 6.45) is 4.91. The fourth-order valence-corrected chi connectivity index (χ4v) is 5.81. The first-order valence-electron chi connectivity index (χ1n) is 11.0. The van der Waals surface area contributed by atoms with Crippen LogP contribution < -0.4 is 16.1 Å². The van der Waals surface area contributed by atoms with Gasteiger partial charge in [0.25, 0.3) is 0 Å². The van der Waals surface area contributed by atoms with Gasteiger partial charge in [0.15, 0.2) is 5.82 Å². The second kappa shape index (κ2) is 8.23. The Balaban J connectivity index is 1.31. The molecule has 2 fully saturated rings. The Kier molecular flexibility index (Phi) is 5.43. The Hall–Kier alpha value is -2.46. The van der Waals surface area contributed by atoms with E-state index in [2.05, 4.69) is 33.0 Å². The van der Waals surface area contributed by atoms with Crippen molar-refractivity contribution in [1.82, 2.24) is 25.2 Å². The third-order valence-corrected chi connectivity index (χ3v) is 7.20. The van der Waals surface area contributed by atoms with Crippen LogP contribution in [0.2, 0.25) is 0 Å². The van der Waals surface area contributed by atoms with E-state index in [1.54, 1.807) is 11.3 Å². The maximum Gasteiger partial charge on any atom is 0.237 e. The van der Waals surface area contributed by atoms with Crippen molar-refractivity contribution in [1.29, 1.82) is 0 Å². The smallest absolute Gasteiger partial charge is 0.237 e. The summed E-state index contributed by atoms with van der Waals surface area (Å²) in [6.45, 7) is 2.59. The van der Waals surface area contributed by atoms with Crippen LogP contribution in [0.15, 0.2) is 16.5 Å². The van der Waals surface area contributed by atoms with Crippen LogP contribution in [0.5, 0.6) is 0 Å². The molecule has 1 unspecified atom stereocenters. The number of carbonyl (C=O) groups excluding carboxylic acids is 1. The van der Waals surface area contributed by atoms with Crippen molar-refractivity contribution in [3.05, 3.63) is 11.4 Å². The fourth-order valence-electron chi connectivity index (χ4n) is 5.03. The molecule has 1 amide bonds. The number of rotatable bonds is 5. The normalized spacial score (nSPS) is 27.5. The lowest BCUT2D eigenvalue weighted by Crippen LogP contribution is -2.52. The van der Waals surface area contributed by atoms with Gasteiger partial charge in [0.05, 0.1) is 16.8 Å². The zero-order chi connectivity index (χ0) is 21.5. The Morgan fingerprint density at radius 2 is 2.06 bits per heavy atom. The number of nitrogens with zero attached hydrogens (tertiary/aromatic N) is 5. The second-order valence-corrected chi connectivity index (χ2v) is 10.1. The molecule has 31 heavy (non-hydrogen) atoms. The molecule has 0 saturated carbocycles. The lowest BCUT2D eigenvalue weighted by atomic mass is 9.97. The number of aromatic nitrogens is 2. The molecule has 4 atom stereocenters. The first-order chi connectivity index (χ1) is 15.0. The van der Waals surface area contributed by atoms with Gasteiger partial charge < -0.3 is 25.9 Å². The lowest BCUT2D eigenvalue weighted by Gasteiger charge is -2.39. The number of hydrogen-bond donors (Lipinski definition) is 3. The summed E-state index contributed by atoms with van der Waals surface area (Å²) in [6, 6.07) is 3.26. The number of amides is 1. The molecule has 0 aliphatic carbocycles. The molecule has 0 spiro atoms. The Morgan fingerprint density at radius 1 is 1.29 bits per heavy atom.